The second-order valence-corrected chi connectivity index (χ2v) is 7.24. The van der Waals surface area contributed by atoms with Crippen molar-refractivity contribution >= 4 is 23.6 Å². The zero-order valence-corrected chi connectivity index (χ0v) is 12.2. The number of carbonyl (C=O) groups is 2. The highest BCUT2D eigenvalue weighted by Crippen LogP contribution is 2.47. The Bertz CT molecular complexity index is 359. The molecule has 0 bridgehead atoms. The van der Waals surface area contributed by atoms with Gasteiger partial charge in [0.25, 0.3) is 0 Å². The van der Waals surface area contributed by atoms with Gasteiger partial charge in [0.15, 0.2) is 0 Å². The summed E-state index contributed by atoms with van der Waals surface area (Å²) >= 11 is 1.74. The Hall–Kier alpha value is -0.710. The molecule has 0 aromatic heterocycles. The minimum atomic E-state index is -0.262. The topological polar surface area (TPSA) is 49.4 Å². The van der Waals surface area contributed by atoms with Crippen LogP contribution in [-0.2, 0) is 9.59 Å². The third kappa shape index (κ3) is 2.51. The van der Waals surface area contributed by atoms with Gasteiger partial charge in [-0.25, -0.2) is 0 Å². The quantitative estimate of drug-likeness (QED) is 0.844. The number of hydrogen-bond acceptors (Lipinski definition) is 3. The standard InChI is InChI=1S/C13H22N2O2S/c1-9(2)5-7-14-12(17)10-8-18-13(3)6-4-11(16)15(10)13/h9-10H,4-8H2,1-3H3,(H,14,17). The Balaban J connectivity index is 1.93. The van der Waals surface area contributed by atoms with Gasteiger partial charge in [0.2, 0.25) is 11.8 Å². The van der Waals surface area contributed by atoms with Crippen LogP contribution in [0.4, 0.5) is 0 Å². The van der Waals surface area contributed by atoms with Crippen molar-refractivity contribution in [2.45, 2.75) is 50.9 Å². The summed E-state index contributed by atoms with van der Waals surface area (Å²) in [5, 5.41) is 2.96. The summed E-state index contributed by atoms with van der Waals surface area (Å²) < 4.78 is 0. The molecule has 0 aliphatic carbocycles. The van der Waals surface area contributed by atoms with Crippen LogP contribution >= 0.6 is 11.8 Å². The maximum atomic E-state index is 12.1. The van der Waals surface area contributed by atoms with Crippen molar-refractivity contribution in [3.05, 3.63) is 0 Å². The molecule has 5 heteroatoms. The smallest absolute Gasteiger partial charge is 0.243 e. The van der Waals surface area contributed by atoms with Crippen LogP contribution in [0, 0.1) is 5.92 Å². The Morgan fingerprint density at radius 1 is 1.61 bits per heavy atom. The van der Waals surface area contributed by atoms with Gasteiger partial charge < -0.3 is 10.2 Å². The molecule has 18 heavy (non-hydrogen) atoms. The second-order valence-electron chi connectivity index (χ2n) is 5.74. The number of amides is 2. The molecule has 0 aromatic rings. The minimum absolute atomic E-state index is 0.0159. The van der Waals surface area contributed by atoms with Gasteiger partial charge in [0.1, 0.15) is 6.04 Å². The average molecular weight is 270 g/mol. The molecule has 4 nitrogen and oxygen atoms in total. The molecule has 2 fully saturated rings. The third-order valence-electron chi connectivity index (χ3n) is 3.77. The first-order chi connectivity index (χ1) is 8.44. The molecular weight excluding hydrogens is 248 g/mol. The Labute approximate surface area is 113 Å². The van der Waals surface area contributed by atoms with E-state index in [1.165, 1.54) is 0 Å². The fraction of sp³-hybridized carbons (Fsp3) is 0.846. The molecule has 2 saturated heterocycles. The summed E-state index contributed by atoms with van der Waals surface area (Å²) in [5.41, 5.74) is 0. The van der Waals surface area contributed by atoms with E-state index in [1.54, 1.807) is 11.8 Å². The van der Waals surface area contributed by atoms with Crippen LogP contribution < -0.4 is 5.32 Å². The molecule has 0 aromatic carbocycles. The number of rotatable bonds is 4. The zero-order chi connectivity index (χ0) is 13.3. The predicted molar refractivity (Wildman–Crippen MR) is 73.2 cm³/mol. The summed E-state index contributed by atoms with van der Waals surface area (Å²) in [6.45, 7) is 7.05. The molecule has 102 valence electrons. The highest BCUT2D eigenvalue weighted by molar-refractivity contribution is 8.01. The molecule has 2 aliphatic heterocycles. The predicted octanol–water partition coefficient (Wildman–Crippen LogP) is 1.60. The highest BCUT2D eigenvalue weighted by atomic mass is 32.2. The van der Waals surface area contributed by atoms with Gasteiger partial charge in [-0.15, -0.1) is 11.8 Å². The van der Waals surface area contributed by atoms with E-state index in [2.05, 4.69) is 26.1 Å². The van der Waals surface area contributed by atoms with E-state index in [0.717, 1.165) is 18.6 Å². The van der Waals surface area contributed by atoms with Gasteiger partial charge in [-0.1, -0.05) is 13.8 Å². The van der Waals surface area contributed by atoms with Crippen molar-refractivity contribution in [1.82, 2.24) is 10.2 Å². The number of thioether (sulfide) groups is 1. The van der Waals surface area contributed by atoms with Gasteiger partial charge in [-0.3, -0.25) is 9.59 Å². The highest BCUT2D eigenvalue weighted by Gasteiger charge is 2.52. The number of fused-ring (bicyclic) bond motifs is 1. The summed E-state index contributed by atoms with van der Waals surface area (Å²) in [5.74, 6) is 1.46. The lowest BCUT2D eigenvalue weighted by Gasteiger charge is -2.29. The fourth-order valence-electron chi connectivity index (χ4n) is 2.62. The minimum Gasteiger partial charge on any atom is -0.354 e. The third-order valence-corrected chi connectivity index (χ3v) is 5.27. The van der Waals surface area contributed by atoms with Gasteiger partial charge in [0, 0.05) is 18.7 Å². The van der Waals surface area contributed by atoms with E-state index in [4.69, 9.17) is 0 Å². The Morgan fingerprint density at radius 3 is 3.00 bits per heavy atom. The maximum absolute atomic E-state index is 12.1. The van der Waals surface area contributed by atoms with Crippen LogP contribution in [-0.4, -0.2) is 39.9 Å². The normalized spacial score (nSPS) is 31.0. The summed E-state index contributed by atoms with van der Waals surface area (Å²) in [6.07, 6.45) is 2.43. The van der Waals surface area contributed by atoms with Gasteiger partial charge >= 0.3 is 0 Å². The van der Waals surface area contributed by atoms with E-state index in [-0.39, 0.29) is 22.7 Å². The molecule has 0 spiro atoms. The zero-order valence-electron chi connectivity index (χ0n) is 11.4. The van der Waals surface area contributed by atoms with Crippen molar-refractivity contribution in [3.8, 4) is 0 Å². The molecule has 2 amide bonds. The summed E-state index contributed by atoms with van der Waals surface area (Å²) in [7, 11) is 0. The number of carbonyl (C=O) groups excluding carboxylic acids is 2. The molecular formula is C13H22N2O2S. The molecule has 2 heterocycles. The first-order valence-corrected chi connectivity index (χ1v) is 7.66. The van der Waals surface area contributed by atoms with Crippen molar-refractivity contribution in [1.29, 1.82) is 0 Å². The summed E-state index contributed by atoms with van der Waals surface area (Å²) in [4.78, 5) is 25.7. The number of nitrogens with one attached hydrogen (secondary N) is 1. The number of nitrogens with zero attached hydrogens (tertiary/aromatic N) is 1. The lowest BCUT2D eigenvalue weighted by molar-refractivity contribution is -0.137. The van der Waals surface area contributed by atoms with Crippen LogP contribution in [0.1, 0.15) is 40.0 Å². The van der Waals surface area contributed by atoms with Crippen LogP contribution in [0.3, 0.4) is 0 Å². The Morgan fingerprint density at radius 2 is 2.33 bits per heavy atom. The molecule has 2 atom stereocenters. The maximum Gasteiger partial charge on any atom is 0.243 e. The lowest BCUT2D eigenvalue weighted by atomic mass is 10.1. The lowest BCUT2D eigenvalue weighted by Crippen LogP contribution is -2.50. The molecule has 0 radical (unpaired) electrons. The van der Waals surface area contributed by atoms with Gasteiger partial charge in [-0.2, -0.15) is 0 Å². The van der Waals surface area contributed by atoms with Crippen molar-refractivity contribution in [2.24, 2.45) is 5.92 Å². The van der Waals surface area contributed by atoms with E-state index in [1.807, 2.05) is 4.90 Å². The van der Waals surface area contributed by atoms with Crippen LogP contribution in [0.2, 0.25) is 0 Å². The van der Waals surface area contributed by atoms with E-state index < -0.39 is 0 Å². The van der Waals surface area contributed by atoms with Crippen LogP contribution in [0.25, 0.3) is 0 Å². The molecule has 2 unspecified atom stereocenters. The van der Waals surface area contributed by atoms with E-state index >= 15 is 0 Å². The van der Waals surface area contributed by atoms with Crippen LogP contribution in [0.5, 0.6) is 0 Å². The first-order valence-electron chi connectivity index (χ1n) is 6.68. The molecule has 2 rings (SSSR count). The number of hydrogen-bond donors (Lipinski definition) is 1. The SMILES string of the molecule is CC(C)CCNC(=O)C1CSC2(C)CCC(=O)N12. The fourth-order valence-corrected chi connectivity index (χ4v) is 4.05. The van der Waals surface area contributed by atoms with E-state index in [9.17, 15) is 9.59 Å². The largest absolute Gasteiger partial charge is 0.354 e. The van der Waals surface area contributed by atoms with Crippen molar-refractivity contribution in [3.63, 3.8) is 0 Å². The molecule has 0 saturated carbocycles. The van der Waals surface area contributed by atoms with Crippen molar-refractivity contribution < 1.29 is 9.59 Å². The Kier molecular flexibility index (Phi) is 3.90. The molecule has 2 aliphatic rings. The van der Waals surface area contributed by atoms with Crippen LogP contribution in [0.15, 0.2) is 0 Å². The van der Waals surface area contributed by atoms with Gasteiger partial charge in [0.05, 0.1) is 4.87 Å². The first kappa shape index (κ1) is 13.7. The van der Waals surface area contributed by atoms with E-state index in [0.29, 0.717) is 18.9 Å². The summed E-state index contributed by atoms with van der Waals surface area (Å²) in [6, 6.07) is -0.262. The van der Waals surface area contributed by atoms with Gasteiger partial charge in [-0.05, 0) is 25.7 Å². The van der Waals surface area contributed by atoms with Crippen molar-refractivity contribution in [2.75, 3.05) is 12.3 Å². The monoisotopic (exact) mass is 270 g/mol. The molecule has 1 N–H and O–H groups in total. The second kappa shape index (κ2) is 5.11. The average Bonchev–Trinajstić information content (AvgIpc) is 2.76.